The summed E-state index contributed by atoms with van der Waals surface area (Å²) in [5.74, 6) is -0.470. The van der Waals surface area contributed by atoms with E-state index in [1.54, 1.807) is 36.4 Å². The number of phenolic OH excluding ortho intramolecular Hbond substituents is 1. The lowest BCUT2D eigenvalue weighted by Gasteiger charge is -2.04. The molecule has 1 aromatic heterocycles. The first-order valence-corrected chi connectivity index (χ1v) is 6.17. The van der Waals surface area contributed by atoms with Crippen LogP contribution in [0.25, 0.3) is 11.0 Å². The Kier molecular flexibility index (Phi) is 3.16. The van der Waals surface area contributed by atoms with Crippen LogP contribution in [-0.2, 0) is 0 Å². The fraction of sp³-hybridized carbons (Fsp3) is 0. The Labute approximate surface area is 119 Å². The van der Waals surface area contributed by atoms with E-state index in [9.17, 15) is 14.7 Å². The average Bonchev–Trinajstić information content (AvgIpc) is 2.47. The van der Waals surface area contributed by atoms with Crippen LogP contribution in [0.5, 0.6) is 11.5 Å². The number of aromatic hydroxyl groups is 1. The molecule has 5 heteroatoms. The van der Waals surface area contributed by atoms with Crippen LogP contribution in [0.1, 0.15) is 10.4 Å². The predicted molar refractivity (Wildman–Crippen MR) is 75.5 cm³/mol. The summed E-state index contributed by atoms with van der Waals surface area (Å²) in [5.41, 5.74) is -0.803. The van der Waals surface area contributed by atoms with Gasteiger partial charge in [-0.3, -0.25) is 0 Å². The van der Waals surface area contributed by atoms with Crippen molar-refractivity contribution in [2.24, 2.45) is 0 Å². The minimum absolute atomic E-state index is 0.0229. The van der Waals surface area contributed by atoms with E-state index in [0.29, 0.717) is 11.1 Å². The van der Waals surface area contributed by atoms with Gasteiger partial charge in [0.25, 0.3) is 0 Å². The van der Waals surface area contributed by atoms with Gasteiger partial charge in [-0.1, -0.05) is 18.2 Å². The Bertz CT molecular complexity index is 865. The summed E-state index contributed by atoms with van der Waals surface area (Å²) in [6, 6.07) is 14.1. The van der Waals surface area contributed by atoms with E-state index in [1.165, 1.54) is 18.2 Å². The molecular weight excluding hydrogens is 272 g/mol. The lowest BCUT2D eigenvalue weighted by Crippen LogP contribution is -2.18. The molecule has 0 spiro atoms. The fourth-order valence-corrected chi connectivity index (χ4v) is 1.89. The molecule has 21 heavy (non-hydrogen) atoms. The smallest absolute Gasteiger partial charge is 0.351 e. The number of rotatable bonds is 2. The van der Waals surface area contributed by atoms with Gasteiger partial charge in [0.15, 0.2) is 0 Å². The van der Waals surface area contributed by atoms with Crippen molar-refractivity contribution in [1.29, 1.82) is 0 Å². The van der Waals surface area contributed by atoms with Gasteiger partial charge >= 0.3 is 11.6 Å². The maximum Gasteiger partial charge on any atom is 0.351 e. The van der Waals surface area contributed by atoms with Gasteiger partial charge in [-0.25, -0.2) is 9.59 Å². The van der Waals surface area contributed by atoms with Crippen molar-refractivity contribution in [3.63, 3.8) is 0 Å². The monoisotopic (exact) mass is 282 g/mol. The van der Waals surface area contributed by atoms with E-state index in [2.05, 4.69) is 0 Å². The molecule has 0 unspecified atom stereocenters. The molecule has 2 aromatic carbocycles. The summed E-state index contributed by atoms with van der Waals surface area (Å²) >= 11 is 0. The number of phenols is 1. The van der Waals surface area contributed by atoms with Crippen LogP contribution >= 0.6 is 0 Å². The van der Waals surface area contributed by atoms with Gasteiger partial charge in [-0.15, -0.1) is 0 Å². The number of para-hydroxylation sites is 1. The van der Waals surface area contributed by atoms with Crippen molar-refractivity contribution in [2.45, 2.75) is 0 Å². The van der Waals surface area contributed by atoms with Crippen molar-refractivity contribution in [3.8, 4) is 11.5 Å². The highest BCUT2D eigenvalue weighted by molar-refractivity contribution is 5.94. The second-order valence-corrected chi connectivity index (χ2v) is 4.37. The van der Waals surface area contributed by atoms with Crippen molar-refractivity contribution in [1.82, 2.24) is 0 Å². The number of esters is 1. The maximum atomic E-state index is 12.0. The first kappa shape index (κ1) is 12.9. The zero-order valence-corrected chi connectivity index (χ0v) is 10.8. The highest BCUT2D eigenvalue weighted by Crippen LogP contribution is 2.20. The zero-order chi connectivity index (χ0) is 14.8. The first-order valence-electron chi connectivity index (χ1n) is 6.17. The van der Waals surface area contributed by atoms with E-state index < -0.39 is 11.6 Å². The van der Waals surface area contributed by atoms with Crippen LogP contribution in [-0.4, -0.2) is 11.1 Å². The standard InChI is InChI=1S/C16H10O5/c17-11-7-6-10-8-13(16(19)21-14(10)9-11)15(18)20-12-4-2-1-3-5-12/h1-9,17H. The molecule has 0 aliphatic carbocycles. The number of hydrogen-bond donors (Lipinski definition) is 1. The molecule has 0 aliphatic heterocycles. The fourth-order valence-electron chi connectivity index (χ4n) is 1.89. The third-order valence-corrected chi connectivity index (χ3v) is 2.89. The molecule has 3 aromatic rings. The Hall–Kier alpha value is -3.08. The van der Waals surface area contributed by atoms with Crippen molar-refractivity contribution >= 4 is 16.9 Å². The summed E-state index contributed by atoms with van der Waals surface area (Å²) in [5, 5.41) is 9.86. The molecule has 0 saturated heterocycles. The number of benzene rings is 2. The van der Waals surface area contributed by atoms with Gasteiger partial charge < -0.3 is 14.3 Å². The lowest BCUT2D eigenvalue weighted by molar-refractivity contribution is 0.0730. The summed E-state index contributed by atoms with van der Waals surface area (Å²) in [6.45, 7) is 0. The molecule has 0 atom stereocenters. The lowest BCUT2D eigenvalue weighted by atomic mass is 10.2. The molecule has 0 amide bonds. The largest absolute Gasteiger partial charge is 0.508 e. The summed E-state index contributed by atoms with van der Waals surface area (Å²) in [6.07, 6.45) is 0. The minimum Gasteiger partial charge on any atom is -0.508 e. The molecule has 0 saturated carbocycles. The molecule has 0 aliphatic rings. The number of fused-ring (bicyclic) bond motifs is 1. The van der Waals surface area contributed by atoms with E-state index in [-0.39, 0.29) is 16.9 Å². The van der Waals surface area contributed by atoms with Gasteiger partial charge in [-0.05, 0) is 30.3 Å². The first-order chi connectivity index (χ1) is 10.1. The summed E-state index contributed by atoms with van der Waals surface area (Å²) in [4.78, 5) is 23.8. The quantitative estimate of drug-likeness (QED) is 0.444. The normalized spacial score (nSPS) is 10.5. The van der Waals surface area contributed by atoms with Crippen LogP contribution < -0.4 is 10.4 Å². The van der Waals surface area contributed by atoms with Crippen LogP contribution in [0.4, 0.5) is 0 Å². The third kappa shape index (κ3) is 2.62. The van der Waals surface area contributed by atoms with E-state index >= 15 is 0 Å². The Morgan fingerprint density at radius 2 is 1.81 bits per heavy atom. The number of carbonyl (C=O) groups is 1. The highest BCUT2D eigenvalue weighted by atomic mass is 16.5. The molecular formula is C16H10O5. The maximum absolute atomic E-state index is 12.0. The molecule has 5 nitrogen and oxygen atoms in total. The topological polar surface area (TPSA) is 76.7 Å². The molecule has 0 fully saturated rings. The van der Waals surface area contributed by atoms with E-state index in [4.69, 9.17) is 9.15 Å². The molecule has 0 bridgehead atoms. The molecule has 1 N–H and O–H groups in total. The molecule has 104 valence electrons. The van der Waals surface area contributed by atoms with E-state index in [0.717, 1.165) is 0 Å². The van der Waals surface area contributed by atoms with Gasteiger partial charge in [0, 0.05) is 11.5 Å². The number of ether oxygens (including phenoxy) is 1. The van der Waals surface area contributed by atoms with Gasteiger partial charge in [0.1, 0.15) is 22.6 Å². The second-order valence-electron chi connectivity index (χ2n) is 4.37. The number of hydrogen-bond acceptors (Lipinski definition) is 5. The van der Waals surface area contributed by atoms with Crippen LogP contribution in [0.2, 0.25) is 0 Å². The Balaban J connectivity index is 2.00. The van der Waals surface area contributed by atoms with Crippen LogP contribution in [0.15, 0.2) is 63.8 Å². The zero-order valence-electron chi connectivity index (χ0n) is 10.8. The summed E-state index contributed by atoms with van der Waals surface area (Å²) < 4.78 is 10.1. The Morgan fingerprint density at radius 1 is 1.05 bits per heavy atom. The van der Waals surface area contributed by atoms with Crippen molar-refractivity contribution in [3.05, 3.63) is 70.6 Å². The molecule has 1 heterocycles. The van der Waals surface area contributed by atoms with Gasteiger partial charge in [0.2, 0.25) is 0 Å². The van der Waals surface area contributed by atoms with Crippen molar-refractivity contribution in [2.75, 3.05) is 0 Å². The van der Waals surface area contributed by atoms with E-state index in [1.807, 2.05) is 0 Å². The molecule has 3 rings (SSSR count). The van der Waals surface area contributed by atoms with Crippen LogP contribution in [0.3, 0.4) is 0 Å². The summed E-state index contributed by atoms with van der Waals surface area (Å²) in [7, 11) is 0. The minimum atomic E-state index is -0.811. The van der Waals surface area contributed by atoms with Crippen molar-refractivity contribution < 1.29 is 19.1 Å². The van der Waals surface area contributed by atoms with Crippen LogP contribution in [0, 0.1) is 0 Å². The predicted octanol–water partition coefficient (Wildman–Crippen LogP) is 2.72. The highest BCUT2D eigenvalue weighted by Gasteiger charge is 2.16. The number of carbonyl (C=O) groups excluding carboxylic acids is 1. The Morgan fingerprint density at radius 3 is 2.57 bits per heavy atom. The van der Waals surface area contributed by atoms with Gasteiger partial charge in [-0.2, -0.15) is 0 Å². The second kappa shape index (κ2) is 5.13. The molecule has 0 radical (unpaired) electrons. The van der Waals surface area contributed by atoms with Gasteiger partial charge in [0.05, 0.1) is 0 Å². The average molecular weight is 282 g/mol. The third-order valence-electron chi connectivity index (χ3n) is 2.89. The SMILES string of the molecule is O=C(Oc1ccccc1)c1cc2ccc(O)cc2oc1=O.